The van der Waals surface area contributed by atoms with Crippen LogP contribution in [0, 0.1) is 0 Å². The van der Waals surface area contributed by atoms with Crippen LogP contribution in [-0.2, 0) is 40.5 Å². The first-order valence-corrected chi connectivity index (χ1v) is 27.0. The molecule has 11 rings (SSSR count). The van der Waals surface area contributed by atoms with Gasteiger partial charge in [0, 0.05) is 21.7 Å². The van der Waals surface area contributed by atoms with E-state index in [9.17, 15) is 16.8 Å². The van der Waals surface area contributed by atoms with Gasteiger partial charge in [-0.05, 0) is 86.2 Å². The van der Waals surface area contributed by atoms with Gasteiger partial charge in [-0.15, -0.1) is 0 Å². The maximum atomic E-state index is 15.1. The SMILES string of the molecule is O=S(=O)(Oc1ccccc2c(OS(=O)(=O)c3cccc4c3ccc3ccccc34)c(OS(=O)(=O)c3cccc4cc5ccccc5cc34)c(OS(=O)(=O)c3cccc4ccccc34)c1-2)c1ccccc1. The maximum Gasteiger partial charge on any atom is 0.340 e. The van der Waals surface area contributed by atoms with Crippen molar-refractivity contribution in [3.8, 4) is 34.1 Å². The summed E-state index contributed by atoms with van der Waals surface area (Å²) in [5.74, 6) is -3.46. The molecule has 0 aliphatic heterocycles. The van der Waals surface area contributed by atoms with Gasteiger partial charge in [0.05, 0.1) is 5.56 Å². The van der Waals surface area contributed by atoms with E-state index in [-0.39, 0.29) is 41.3 Å². The fraction of sp³-hybridized carbons (Fsp3) is 0. The van der Waals surface area contributed by atoms with Crippen LogP contribution in [-0.4, -0.2) is 33.7 Å². The van der Waals surface area contributed by atoms with E-state index < -0.39 is 69.0 Å². The summed E-state index contributed by atoms with van der Waals surface area (Å²) in [5, 5.41) is 5.30. The van der Waals surface area contributed by atoms with Crippen molar-refractivity contribution in [2.75, 3.05) is 0 Å². The monoisotopic (exact) mass is 1000 g/mol. The largest absolute Gasteiger partial charge is 0.378 e. The molecule has 2 aliphatic rings. The molecule has 16 heteroatoms. The van der Waals surface area contributed by atoms with Gasteiger partial charge in [0.1, 0.15) is 19.6 Å². The van der Waals surface area contributed by atoms with E-state index in [0.717, 1.165) is 16.2 Å². The molecule has 0 spiro atoms. The average Bonchev–Trinajstić information content (AvgIpc) is 3.46. The number of benzene rings is 9. The molecule has 0 heterocycles. The Morgan fingerprint density at radius 2 is 0.743 bits per heavy atom. The first kappa shape index (κ1) is 44.5. The Hall–Kier alpha value is -8.02. The second-order valence-electron chi connectivity index (χ2n) is 16.1. The first-order chi connectivity index (χ1) is 33.7. The third kappa shape index (κ3) is 7.86. The van der Waals surface area contributed by atoms with Crippen molar-refractivity contribution in [1.29, 1.82) is 0 Å². The molecule has 0 bridgehead atoms. The van der Waals surface area contributed by atoms with E-state index in [1.54, 1.807) is 78.9 Å². The van der Waals surface area contributed by atoms with Gasteiger partial charge in [-0.3, -0.25) is 0 Å². The minimum atomic E-state index is -5.15. The summed E-state index contributed by atoms with van der Waals surface area (Å²) in [6.45, 7) is 0. The second kappa shape index (κ2) is 16.9. The molecule has 0 aromatic heterocycles. The van der Waals surface area contributed by atoms with Crippen LogP contribution in [0.5, 0.6) is 23.0 Å². The Morgan fingerprint density at radius 3 is 1.44 bits per heavy atom. The molecular weight excluding hydrogens is 969 g/mol. The van der Waals surface area contributed by atoms with Crippen LogP contribution < -0.4 is 16.7 Å². The zero-order valence-electron chi connectivity index (χ0n) is 36.2. The standard InChI is InChI=1S/C54H34O12S4/c55-67(56,40-21-2-1-3-22-40)63-47-27-11-10-25-45-51(47)53(65-68(57,58)48-28-12-19-35-15-7-9-24-42(35)48)54(66-70(61,62)50-29-13-20-39-33-37-17-4-5-18-38(37)34-46(39)50)52(45)64-69(59,60)49-30-14-26-43-41-23-8-6-16-36(41)31-32-44(43)49/h1-34H. The van der Waals surface area contributed by atoms with Crippen LogP contribution in [0.3, 0.4) is 0 Å². The molecule has 0 amide bonds. The number of hydrogen-bond acceptors (Lipinski definition) is 12. The molecule has 12 nitrogen and oxygen atoms in total. The van der Waals surface area contributed by atoms with Crippen molar-refractivity contribution in [2.24, 2.45) is 0 Å². The summed E-state index contributed by atoms with van der Waals surface area (Å²) in [4.78, 5) is -1.38. The normalized spacial score (nSPS) is 12.5. The minimum absolute atomic E-state index is 0.214. The summed E-state index contributed by atoms with van der Waals surface area (Å²) in [7, 11) is -20.0. The van der Waals surface area contributed by atoms with E-state index in [4.69, 9.17) is 16.7 Å². The predicted molar refractivity (Wildman–Crippen MR) is 268 cm³/mol. The highest BCUT2D eigenvalue weighted by molar-refractivity contribution is 7.88. The first-order valence-electron chi connectivity index (χ1n) is 21.4. The van der Waals surface area contributed by atoms with Crippen molar-refractivity contribution in [3.63, 3.8) is 0 Å². The molecule has 0 saturated carbocycles. The van der Waals surface area contributed by atoms with Crippen molar-refractivity contribution in [1.82, 2.24) is 0 Å². The third-order valence-electron chi connectivity index (χ3n) is 11.8. The van der Waals surface area contributed by atoms with Gasteiger partial charge in [-0.2, -0.15) is 33.7 Å². The van der Waals surface area contributed by atoms with Crippen LogP contribution in [0.4, 0.5) is 0 Å². The van der Waals surface area contributed by atoms with Gasteiger partial charge in [-0.25, -0.2) is 0 Å². The van der Waals surface area contributed by atoms with Crippen LogP contribution in [0.2, 0.25) is 0 Å². The number of hydrogen-bond donors (Lipinski definition) is 0. The zero-order valence-corrected chi connectivity index (χ0v) is 39.4. The van der Waals surface area contributed by atoms with E-state index >= 15 is 16.8 Å². The van der Waals surface area contributed by atoms with Crippen molar-refractivity contribution in [3.05, 3.63) is 206 Å². The summed E-state index contributed by atoms with van der Waals surface area (Å²) >= 11 is 0. The second-order valence-corrected chi connectivity index (χ2v) is 22.2. The summed E-state index contributed by atoms with van der Waals surface area (Å²) < 4.78 is 142. The van der Waals surface area contributed by atoms with Gasteiger partial charge in [-0.1, -0.05) is 158 Å². The molecular formula is C54H34O12S4. The Balaban J connectivity index is 1.19. The molecule has 0 saturated heterocycles. The van der Waals surface area contributed by atoms with Crippen LogP contribution in [0.25, 0.3) is 65.0 Å². The highest BCUT2D eigenvalue weighted by Gasteiger charge is 2.40. The van der Waals surface area contributed by atoms with E-state index in [1.807, 2.05) is 36.4 Å². The van der Waals surface area contributed by atoms with Gasteiger partial charge in [0.2, 0.25) is 11.5 Å². The summed E-state index contributed by atoms with van der Waals surface area (Å²) in [5.41, 5.74) is -0.897. The molecule has 0 fully saturated rings. The van der Waals surface area contributed by atoms with E-state index in [2.05, 4.69) is 0 Å². The van der Waals surface area contributed by atoms with Crippen LogP contribution in [0.15, 0.2) is 226 Å². The Kier molecular flexibility index (Phi) is 10.7. The Bertz CT molecular complexity index is 4370. The minimum Gasteiger partial charge on any atom is -0.378 e. The highest BCUT2D eigenvalue weighted by Crippen LogP contribution is 2.59. The van der Waals surface area contributed by atoms with Crippen molar-refractivity contribution in [2.45, 2.75) is 19.6 Å². The highest BCUT2D eigenvalue weighted by atomic mass is 32.2. The van der Waals surface area contributed by atoms with Crippen LogP contribution >= 0.6 is 0 Å². The van der Waals surface area contributed by atoms with E-state index in [1.165, 1.54) is 91.0 Å². The summed E-state index contributed by atoms with van der Waals surface area (Å²) in [6, 6.07) is 53.6. The fourth-order valence-corrected chi connectivity index (χ4v) is 13.1. The molecule has 2 aliphatic carbocycles. The third-order valence-corrected chi connectivity index (χ3v) is 16.9. The van der Waals surface area contributed by atoms with Crippen molar-refractivity contribution >= 4 is 94.3 Å². The lowest BCUT2D eigenvalue weighted by Crippen LogP contribution is -2.15. The molecule has 0 atom stereocenters. The molecule has 70 heavy (non-hydrogen) atoms. The van der Waals surface area contributed by atoms with Crippen LogP contribution in [0.1, 0.15) is 0 Å². The number of fused-ring (bicyclic) bond motifs is 7. The van der Waals surface area contributed by atoms with Gasteiger partial charge in [0.15, 0.2) is 11.5 Å². The fourth-order valence-electron chi connectivity index (χ4n) is 8.68. The lowest BCUT2D eigenvalue weighted by atomic mass is 10.0. The molecule has 9 aromatic rings. The predicted octanol–water partition coefficient (Wildman–Crippen LogP) is 11.6. The molecule has 0 unspecified atom stereocenters. The average molecular weight is 1000 g/mol. The lowest BCUT2D eigenvalue weighted by molar-refractivity contribution is 0.434. The molecule has 9 aromatic carbocycles. The number of rotatable bonds is 12. The van der Waals surface area contributed by atoms with E-state index in [0.29, 0.717) is 21.5 Å². The molecule has 0 N–H and O–H groups in total. The van der Waals surface area contributed by atoms with Gasteiger partial charge >= 0.3 is 40.5 Å². The van der Waals surface area contributed by atoms with Crippen molar-refractivity contribution < 1.29 is 50.4 Å². The molecule has 0 radical (unpaired) electrons. The Labute approximate surface area is 402 Å². The summed E-state index contributed by atoms with van der Waals surface area (Å²) in [6.07, 6.45) is 0. The topological polar surface area (TPSA) is 173 Å². The quantitative estimate of drug-likeness (QED) is 0.0645. The zero-order chi connectivity index (χ0) is 48.4. The Morgan fingerprint density at radius 1 is 0.271 bits per heavy atom. The lowest BCUT2D eigenvalue weighted by Gasteiger charge is -2.15. The van der Waals surface area contributed by atoms with Gasteiger partial charge < -0.3 is 16.7 Å². The van der Waals surface area contributed by atoms with Gasteiger partial charge in [0.25, 0.3) is 0 Å². The molecule has 346 valence electrons. The smallest absolute Gasteiger partial charge is 0.340 e. The maximum absolute atomic E-state index is 15.1.